The molecule has 0 saturated heterocycles. The van der Waals surface area contributed by atoms with Crippen molar-refractivity contribution in [3.63, 3.8) is 0 Å². The Bertz CT molecular complexity index is 377. The smallest absolute Gasteiger partial charge is 0.162 e. The zero-order chi connectivity index (χ0) is 11.7. The standard InChI is InChI=1S/C12H14F2O2/c13-9-3-1-2-8(11(9)14)6-10(15)12(16)7-4-5-7/h1-3,7,10,12,15-16H,4-6H2. The van der Waals surface area contributed by atoms with Crippen molar-refractivity contribution < 1.29 is 19.0 Å². The van der Waals surface area contributed by atoms with E-state index in [4.69, 9.17) is 0 Å². The summed E-state index contributed by atoms with van der Waals surface area (Å²) in [5.74, 6) is -1.75. The normalized spacial score (nSPS) is 19.5. The molecule has 2 N–H and O–H groups in total. The lowest BCUT2D eigenvalue weighted by atomic mass is 10.0. The number of aliphatic hydroxyl groups excluding tert-OH is 2. The maximum atomic E-state index is 13.3. The quantitative estimate of drug-likeness (QED) is 0.822. The molecular formula is C12H14F2O2. The Balaban J connectivity index is 2.05. The molecule has 1 saturated carbocycles. The molecule has 0 heterocycles. The highest BCUT2D eigenvalue weighted by atomic mass is 19.2. The van der Waals surface area contributed by atoms with Crippen LogP contribution in [0.5, 0.6) is 0 Å². The van der Waals surface area contributed by atoms with Gasteiger partial charge in [0.25, 0.3) is 0 Å². The molecule has 2 atom stereocenters. The maximum absolute atomic E-state index is 13.3. The third-order valence-corrected chi connectivity index (χ3v) is 2.96. The van der Waals surface area contributed by atoms with Crippen molar-refractivity contribution in [1.82, 2.24) is 0 Å². The van der Waals surface area contributed by atoms with Gasteiger partial charge in [0.05, 0.1) is 12.2 Å². The monoisotopic (exact) mass is 228 g/mol. The van der Waals surface area contributed by atoms with Crippen LogP contribution in [0.4, 0.5) is 8.78 Å². The number of hydrogen-bond acceptors (Lipinski definition) is 2. The predicted octanol–water partition coefficient (Wildman–Crippen LogP) is 1.64. The Hall–Kier alpha value is -1.00. The summed E-state index contributed by atoms with van der Waals surface area (Å²) in [4.78, 5) is 0. The first-order valence-electron chi connectivity index (χ1n) is 5.38. The highest BCUT2D eigenvalue weighted by molar-refractivity contribution is 5.20. The van der Waals surface area contributed by atoms with E-state index in [1.165, 1.54) is 12.1 Å². The van der Waals surface area contributed by atoms with Gasteiger partial charge in [0.2, 0.25) is 0 Å². The van der Waals surface area contributed by atoms with E-state index in [1.54, 1.807) is 0 Å². The van der Waals surface area contributed by atoms with Gasteiger partial charge < -0.3 is 10.2 Å². The predicted molar refractivity (Wildman–Crippen MR) is 54.8 cm³/mol. The number of aliphatic hydroxyl groups is 2. The lowest BCUT2D eigenvalue weighted by Crippen LogP contribution is -2.30. The fraction of sp³-hybridized carbons (Fsp3) is 0.500. The van der Waals surface area contributed by atoms with Crippen molar-refractivity contribution in [2.24, 2.45) is 5.92 Å². The molecule has 0 spiro atoms. The first-order chi connectivity index (χ1) is 7.59. The average molecular weight is 228 g/mol. The molecule has 0 aliphatic heterocycles. The van der Waals surface area contributed by atoms with Gasteiger partial charge in [-0.2, -0.15) is 0 Å². The van der Waals surface area contributed by atoms with E-state index in [-0.39, 0.29) is 17.9 Å². The SMILES string of the molecule is OC(Cc1cccc(F)c1F)C(O)C1CC1. The van der Waals surface area contributed by atoms with Crippen LogP contribution >= 0.6 is 0 Å². The summed E-state index contributed by atoms with van der Waals surface area (Å²) < 4.78 is 26.2. The highest BCUT2D eigenvalue weighted by Gasteiger charge is 2.34. The number of rotatable bonds is 4. The summed E-state index contributed by atoms with van der Waals surface area (Å²) in [7, 11) is 0. The zero-order valence-corrected chi connectivity index (χ0v) is 8.74. The summed E-state index contributed by atoms with van der Waals surface area (Å²) in [6.45, 7) is 0. The molecule has 1 fully saturated rings. The van der Waals surface area contributed by atoms with Crippen LogP contribution in [0.1, 0.15) is 18.4 Å². The molecule has 0 aromatic heterocycles. The second-order valence-electron chi connectivity index (χ2n) is 4.31. The summed E-state index contributed by atoms with van der Waals surface area (Å²) in [6, 6.07) is 3.84. The van der Waals surface area contributed by atoms with Gasteiger partial charge in [0, 0.05) is 6.42 Å². The van der Waals surface area contributed by atoms with Gasteiger partial charge in [-0.25, -0.2) is 8.78 Å². The van der Waals surface area contributed by atoms with Gasteiger partial charge in [0.1, 0.15) is 0 Å². The Labute approximate surface area is 92.5 Å². The molecule has 2 rings (SSSR count). The van der Waals surface area contributed by atoms with Crippen LogP contribution in [0.15, 0.2) is 18.2 Å². The Morgan fingerprint density at radius 2 is 1.94 bits per heavy atom. The molecule has 4 heteroatoms. The Morgan fingerprint density at radius 3 is 2.56 bits per heavy atom. The third-order valence-electron chi connectivity index (χ3n) is 2.96. The lowest BCUT2D eigenvalue weighted by molar-refractivity contribution is 0.00625. The molecule has 88 valence electrons. The number of halogens is 2. The van der Waals surface area contributed by atoms with Gasteiger partial charge in [-0.1, -0.05) is 12.1 Å². The largest absolute Gasteiger partial charge is 0.390 e. The van der Waals surface area contributed by atoms with E-state index < -0.39 is 23.8 Å². The number of benzene rings is 1. The topological polar surface area (TPSA) is 40.5 Å². The fourth-order valence-corrected chi connectivity index (χ4v) is 1.80. The average Bonchev–Trinajstić information content (AvgIpc) is 3.07. The maximum Gasteiger partial charge on any atom is 0.162 e. The second kappa shape index (κ2) is 4.47. The summed E-state index contributed by atoms with van der Waals surface area (Å²) in [5, 5.41) is 19.3. The summed E-state index contributed by atoms with van der Waals surface area (Å²) >= 11 is 0. The van der Waals surface area contributed by atoms with Gasteiger partial charge in [-0.15, -0.1) is 0 Å². The molecule has 1 aliphatic carbocycles. The van der Waals surface area contributed by atoms with Gasteiger partial charge >= 0.3 is 0 Å². The molecule has 1 aliphatic rings. The van der Waals surface area contributed by atoms with Crippen LogP contribution in [0.2, 0.25) is 0 Å². The molecule has 0 bridgehead atoms. The molecule has 0 radical (unpaired) electrons. The summed E-state index contributed by atoms with van der Waals surface area (Å²) in [6.07, 6.45) is -0.124. The van der Waals surface area contributed by atoms with E-state index in [9.17, 15) is 19.0 Å². The zero-order valence-electron chi connectivity index (χ0n) is 8.74. The molecule has 0 amide bonds. The van der Waals surface area contributed by atoms with Crippen molar-refractivity contribution in [2.45, 2.75) is 31.5 Å². The summed E-state index contributed by atoms with van der Waals surface area (Å²) in [5.41, 5.74) is 0.104. The minimum Gasteiger partial charge on any atom is -0.390 e. The molecule has 2 unspecified atom stereocenters. The fourth-order valence-electron chi connectivity index (χ4n) is 1.80. The first kappa shape index (κ1) is 11.5. The van der Waals surface area contributed by atoms with Crippen molar-refractivity contribution >= 4 is 0 Å². The van der Waals surface area contributed by atoms with Crippen LogP contribution in [0.25, 0.3) is 0 Å². The first-order valence-corrected chi connectivity index (χ1v) is 5.38. The molecular weight excluding hydrogens is 214 g/mol. The van der Waals surface area contributed by atoms with E-state index in [0.717, 1.165) is 18.9 Å². The van der Waals surface area contributed by atoms with Crippen molar-refractivity contribution in [1.29, 1.82) is 0 Å². The van der Waals surface area contributed by atoms with E-state index in [2.05, 4.69) is 0 Å². The molecule has 2 nitrogen and oxygen atoms in total. The van der Waals surface area contributed by atoms with Crippen LogP contribution in [0.3, 0.4) is 0 Å². The van der Waals surface area contributed by atoms with Crippen LogP contribution in [0, 0.1) is 17.6 Å². The van der Waals surface area contributed by atoms with Crippen LogP contribution in [-0.4, -0.2) is 22.4 Å². The second-order valence-corrected chi connectivity index (χ2v) is 4.31. The minimum atomic E-state index is -1.02. The van der Waals surface area contributed by atoms with Gasteiger partial charge in [0.15, 0.2) is 11.6 Å². The van der Waals surface area contributed by atoms with Crippen LogP contribution in [-0.2, 0) is 6.42 Å². The Morgan fingerprint density at radius 1 is 1.25 bits per heavy atom. The van der Waals surface area contributed by atoms with E-state index in [0.29, 0.717) is 0 Å². The van der Waals surface area contributed by atoms with Crippen molar-refractivity contribution in [2.75, 3.05) is 0 Å². The highest BCUT2D eigenvalue weighted by Crippen LogP contribution is 2.34. The Kier molecular flexibility index (Phi) is 3.21. The minimum absolute atomic E-state index is 0.0543. The van der Waals surface area contributed by atoms with Crippen molar-refractivity contribution in [3.05, 3.63) is 35.4 Å². The van der Waals surface area contributed by atoms with Crippen molar-refractivity contribution in [3.8, 4) is 0 Å². The van der Waals surface area contributed by atoms with E-state index >= 15 is 0 Å². The number of hydrogen-bond donors (Lipinski definition) is 2. The van der Waals surface area contributed by atoms with Gasteiger partial charge in [-0.3, -0.25) is 0 Å². The van der Waals surface area contributed by atoms with E-state index in [1.807, 2.05) is 0 Å². The van der Waals surface area contributed by atoms with Crippen LogP contribution < -0.4 is 0 Å². The molecule has 16 heavy (non-hydrogen) atoms. The third kappa shape index (κ3) is 2.39. The molecule has 1 aromatic rings. The molecule has 1 aromatic carbocycles. The van der Waals surface area contributed by atoms with Gasteiger partial charge in [-0.05, 0) is 30.4 Å². The lowest BCUT2D eigenvalue weighted by Gasteiger charge is -2.17.